The molecular formula is C14H26N2O2. The normalized spacial score (nSPS) is 19.7. The van der Waals surface area contributed by atoms with Crippen molar-refractivity contribution in [2.24, 2.45) is 16.6 Å². The Morgan fingerprint density at radius 3 is 2.33 bits per heavy atom. The summed E-state index contributed by atoms with van der Waals surface area (Å²) in [4.78, 5) is 25.1. The highest BCUT2D eigenvalue weighted by atomic mass is 16.2. The van der Waals surface area contributed by atoms with Crippen LogP contribution >= 0.6 is 0 Å². The fraction of sp³-hybridized carbons (Fsp3) is 0.857. The predicted molar refractivity (Wildman–Crippen MR) is 71.8 cm³/mol. The lowest BCUT2D eigenvalue weighted by Gasteiger charge is -2.23. The van der Waals surface area contributed by atoms with Crippen LogP contribution < -0.4 is 5.73 Å². The van der Waals surface area contributed by atoms with Crippen LogP contribution in [0.3, 0.4) is 0 Å². The average Bonchev–Trinajstić information content (AvgIpc) is 2.45. The monoisotopic (exact) mass is 254 g/mol. The summed E-state index contributed by atoms with van der Waals surface area (Å²) in [6.07, 6.45) is 3.25. The Balaban J connectivity index is 2.37. The van der Waals surface area contributed by atoms with E-state index in [0.29, 0.717) is 19.5 Å². The summed E-state index contributed by atoms with van der Waals surface area (Å²) in [7, 11) is 0. The second kappa shape index (κ2) is 5.39. The summed E-state index contributed by atoms with van der Waals surface area (Å²) < 4.78 is 0. The van der Waals surface area contributed by atoms with Crippen LogP contribution in [0.2, 0.25) is 0 Å². The van der Waals surface area contributed by atoms with Crippen molar-refractivity contribution < 1.29 is 9.59 Å². The minimum absolute atomic E-state index is 0.0226. The number of imide groups is 1. The number of hydrogen-bond acceptors (Lipinski definition) is 3. The van der Waals surface area contributed by atoms with E-state index in [1.165, 1.54) is 4.90 Å². The second-order valence-corrected chi connectivity index (χ2v) is 6.74. The molecule has 0 atom stereocenters. The Hall–Kier alpha value is -0.900. The van der Waals surface area contributed by atoms with Crippen LogP contribution in [-0.4, -0.2) is 29.8 Å². The highest BCUT2D eigenvalue weighted by Crippen LogP contribution is 2.32. The molecule has 1 aliphatic heterocycles. The molecule has 0 bridgehead atoms. The van der Waals surface area contributed by atoms with E-state index in [1.807, 2.05) is 13.8 Å². The lowest BCUT2D eigenvalue weighted by atomic mass is 9.87. The van der Waals surface area contributed by atoms with Gasteiger partial charge in [0.15, 0.2) is 0 Å². The van der Waals surface area contributed by atoms with Gasteiger partial charge in [-0.1, -0.05) is 34.1 Å². The van der Waals surface area contributed by atoms with Crippen molar-refractivity contribution >= 4 is 11.8 Å². The highest BCUT2D eigenvalue weighted by Gasteiger charge is 2.44. The van der Waals surface area contributed by atoms with Crippen LogP contribution in [0, 0.1) is 10.8 Å². The summed E-state index contributed by atoms with van der Waals surface area (Å²) >= 11 is 0. The first-order chi connectivity index (χ1) is 8.19. The highest BCUT2D eigenvalue weighted by molar-refractivity contribution is 6.05. The maximum absolute atomic E-state index is 12.0. The number of hydrogen-bond donors (Lipinski definition) is 1. The molecule has 1 aliphatic rings. The van der Waals surface area contributed by atoms with Crippen LogP contribution in [0.25, 0.3) is 0 Å². The summed E-state index contributed by atoms with van der Waals surface area (Å²) in [5.41, 5.74) is 5.32. The maximum atomic E-state index is 12.0. The van der Waals surface area contributed by atoms with Crippen LogP contribution in [0.1, 0.15) is 53.4 Å². The minimum atomic E-state index is -0.506. The van der Waals surface area contributed by atoms with Crippen molar-refractivity contribution in [1.82, 2.24) is 4.90 Å². The van der Waals surface area contributed by atoms with Gasteiger partial charge in [-0.2, -0.15) is 0 Å². The van der Waals surface area contributed by atoms with Crippen LogP contribution in [0.5, 0.6) is 0 Å². The molecular weight excluding hydrogens is 228 g/mol. The van der Waals surface area contributed by atoms with Crippen molar-refractivity contribution in [1.29, 1.82) is 0 Å². The zero-order valence-corrected chi connectivity index (χ0v) is 12.1. The molecule has 0 spiro atoms. The van der Waals surface area contributed by atoms with Crippen LogP contribution in [0.15, 0.2) is 0 Å². The molecule has 0 aliphatic carbocycles. The molecule has 4 heteroatoms. The van der Waals surface area contributed by atoms with Crippen molar-refractivity contribution in [3.8, 4) is 0 Å². The summed E-state index contributed by atoms with van der Waals surface area (Å²) in [5, 5.41) is 0. The third-order valence-electron chi connectivity index (χ3n) is 3.76. The summed E-state index contributed by atoms with van der Waals surface area (Å²) in [6.45, 7) is 9.18. The summed E-state index contributed by atoms with van der Waals surface area (Å²) in [6, 6.07) is 0. The first-order valence-electron chi connectivity index (χ1n) is 6.74. The molecule has 0 aromatic heterocycles. The molecule has 0 aromatic rings. The molecule has 2 amide bonds. The standard InChI is InChI=1S/C14H26N2O2/c1-13(2,10-15)7-5-6-8-16-11(17)9-14(3,4)12(16)18/h5-10,15H2,1-4H3. The predicted octanol–water partition coefficient (Wildman–Crippen LogP) is 1.93. The molecule has 0 radical (unpaired) electrons. The quantitative estimate of drug-likeness (QED) is 0.582. The molecule has 104 valence electrons. The van der Waals surface area contributed by atoms with E-state index in [-0.39, 0.29) is 17.2 Å². The van der Waals surface area contributed by atoms with Gasteiger partial charge in [0.1, 0.15) is 0 Å². The third kappa shape index (κ3) is 3.55. The van der Waals surface area contributed by atoms with Gasteiger partial charge in [0.25, 0.3) is 0 Å². The minimum Gasteiger partial charge on any atom is -0.330 e. The molecule has 1 fully saturated rings. The Kier molecular flexibility index (Phi) is 4.54. The number of likely N-dealkylation sites (tertiary alicyclic amines) is 1. The Morgan fingerprint density at radius 1 is 1.28 bits per heavy atom. The Morgan fingerprint density at radius 2 is 1.89 bits per heavy atom. The number of nitrogens with two attached hydrogens (primary N) is 1. The first kappa shape index (κ1) is 15.2. The molecule has 0 aromatic carbocycles. The van der Waals surface area contributed by atoms with E-state index in [0.717, 1.165) is 19.3 Å². The molecule has 1 rings (SSSR count). The Bertz CT molecular complexity index is 335. The number of rotatable bonds is 6. The molecule has 18 heavy (non-hydrogen) atoms. The van der Waals surface area contributed by atoms with Crippen molar-refractivity contribution in [3.05, 3.63) is 0 Å². The van der Waals surface area contributed by atoms with Gasteiger partial charge < -0.3 is 5.73 Å². The van der Waals surface area contributed by atoms with Gasteiger partial charge in [-0.15, -0.1) is 0 Å². The maximum Gasteiger partial charge on any atom is 0.235 e. The number of unbranched alkanes of at least 4 members (excludes halogenated alkanes) is 1. The van der Waals surface area contributed by atoms with Gasteiger partial charge in [-0.25, -0.2) is 0 Å². The van der Waals surface area contributed by atoms with E-state index in [2.05, 4.69) is 13.8 Å². The molecule has 1 heterocycles. The van der Waals surface area contributed by atoms with Crippen LogP contribution in [-0.2, 0) is 9.59 Å². The average molecular weight is 254 g/mol. The topological polar surface area (TPSA) is 63.4 Å². The zero-order valence-electron chi connectivity index (χ0n) is 12.1. The van der Waals surface area contributed by atoms with E-state index in [1.54, 1.807) is 0 Å². The van der Waals surface area contributed by atoms with E-state index in [9.17, 15) is 9.59 Å². The van der Waals surface area contributed by atoms with E-state index < -0.39 is 5.41 Å². The van der Waals surface area contributed by atoms with Gasteiger partial charge in [-0.3, -0.25) is 14.5 Å². The van der Waals surface area contributed by atoms with Gasteiger partial charge in [0.05, 0.1) is 5.41 Å². The molecule has 0 saturated carbocycles. The lowest BCUT2D eigenvalue weighted by Crippen LogP contribution is -2.34. The number of nitrogens with zero attached hydrogens (tertiary/aromatic N) is 1. The van der Waals surface area contributed by atoms with Crippen molar-refractivity contribution in [2.45, 2.75) is 53.4 Å². The van der Waals surface area contributed by atoms with Gasteiger partial charge in [0.2, 0.25) is 11.8 Å². The van der Waals surface area contributed by atoms with Crippen molar-refractivity contribution in [2.75, 3.05) is 13.1 Å². The Labute approximate surface area is 110 Å². The van der Waals surface area contributed by atoms with Gasteiger partial charge in [0, 0.05) is 13.0 Å². The largest absolute Gasteiger partial charge is 0.330 e. The number of amides is 2. The van der Waals surface area contributed by atoms with E-state index in [4.69, 9.17) is 5.73 Å². The van der Waals surface area contributed by atoms with Crippen LogP contribution in [0.4, 0.5) is 0 Å². The SMILES string of the molecule is CC(C)(CN)CCCCN1C(=O)CC(C)(C)C1=O. The van der Waals surface area contributed by atoms with Crippen molar-refractivity contribution in [3.63, 3.8) is 0 Å². The summed E-state index contributed by atoms with van der Waals surface area (Å²) in [5.74, 6) is -0.0475. The first-order valence-corrected chi connectivity index (χ1v) is 6.74. The zero-order chi connectivity index (χ0) is 14.0. The number of carbonyl (C=O) groups excluding carboxylic acids is 2. The smallest absolute Gasteiger partial charge is 0.235 e. The fourth-order valence-corrected chi connectivity index (χ4v) is 2.23. The molecule has 2 N–H and O–H groups in total. The molecule has 4 nitrogen and oxygen atoms in total. The third-order valence-corrected chi connectivity index (χ3v) is 3.76. The van der Waals surface area contributed by atoms with Gasteiger partial charge >= 0.3 is 0 Å². The second-order valence-electron chi connectivity index (χ2n) is 6.74. The number of carbonyl (C=O) groups is 2. The van der Waals surface area contributed by atoms with E-state index >= 15 is 0 Å². The molecule has 0 unspecified atom stereocenters. The fourth-order valence-electron chi connectivity index (χ4n) is 2.23. The molecule has 1 saturated heterocycles. The van der Waals surface area contributed by atoms with Gasteiger partial charge in [-0.05, 0) is 24.8 Å². The lowest BCUT2D eigenvalue weighted by molar-refractivity contribution is -0.140.